The van der Waals surface area contributed by atoms with Gasteiger partial charge in [-0.2, -0.15) is 0 Å². The second-order valence-electron chi connectivity index (χ2n) is 3.62. The zero-order valence-electron chi connectivity index (χ0n) is 9.19. The van der Waals surface area contributed by atoms with Gasteiger partial charge in [-0.15, -0.1) is 11.3 Å². The Bertz CT molecular complexity index is 553. The van der Waals surface area contributed by atoms with Crippen LogP contribution in [0, 0.1) is 0 Å². The molecule has 2 rings (SSSR count). The molecule has 0 radical (unpaired) electrons. The molecule has 1 heterocycles. The first-order valence-corrected chi connectivity index (χ1v) is 7.59. The van der Waals surface area contributed by atoms with E-state index < -0.39 is 11.9 Å². The molecule has 3 nitrogen and oxygen atoms in total. The molecule has 0 fully saturated rings. The second-order valence-corrected chi connectivity index (χ2v) is 6.34. The molecule has 0 saturated carbocycles. The van der Waals surface area contributed by atoms with Crippen LogP contribution in [0.5, 0.6) is 0 Å². The van der Waals surface area contributed by atoms with Crippen molar-refractivity contribution in [3.05, 3.63) is 49.5 Å². The zero-order valence-corrected chi connectivity index (χ0v) is 13.2. The number of hydrogen-bond acceptors (Lipinski definition) is 3. The summed E-state index contributed by atoms with van der Waals surface area (Å²) in [5.74, 6) is -0.402. The van der Waals surface area contributed by atoms with Gasteiger partial charge in [-0.3, -0.25) is 4.79 Å². The molecule has 3 N–H and O–H groups in total. The Morgan fingerprint density at radius 1 is 1.22 bits per heavy atom. The highest BCUT2D eigenvalue weighted by Gasteiger charge is 2.21. The molecule has 0 spiro atoms. The topological polar surface area (TPSA) is 55.1 Å². The average molecular weight is 390 g/mol. The van der Waals surface area contributed by atoms with Crippen molar-refractivity contribution in [1.82, 2.24) is 0 Å². The normalized spacial score (nSPS) is 12.1. The van der Waals surface area contributed by atoms with E-state index in [9.17, 15) is 4.79 Å². The number of anilines is 1. The SMILES string of the molecule is NC(=O)C(Nc1ccc(Br)cc1)c1sccc1Br. The molecular formula is C12H10Br2N2OS. The lowest BCUT2D eigenvalue weighted by Gasteiger charge is -2.16. The number of amides is 1. The highest BCUT2D eigenvalue weighted by Crippen LogP contribution is 2.31. The van der Waals surface area contributed by atoms with Gasteiger partial charge in [0.25, 0.3) is 0 Å². The summed E-state index contributed by atoms with van der Waals surface area (Å²) in [7, 11) is 0. The molecule has 1 unspecified atom stereocenters. The van der Waals surface area contributed by atoms with Crippen molar-refractivity contribution in [3.63, 3.8) is 0 Å². The highest BCUT2D eigenvalue weighted by molar-refractivity contribution is 9.10. The maximum absolute atomic E-state index is 11.6. The first-order valence-electron chi connectivity index (χ1n) is 5.12. The lowest BCUT2D eigenvalue weighted by atomic mass is 10.2. The molecule has 0 aliphatic carbocycles. The summed E-state index contributed by atoms with van der Waals surface area (Å²) in [4.78, 5) is 12.4. The minimum atomic E-state index is -0.527. The number of carbonyl (C=O) groups is 1. The number of halogens is 2. The van der Waals surface area contributed by atoms with Crippen molar-refractivity contribution < 1.29 is 4.79 Å². The molecular weight excluding hydrogens is 380 g/mol. The van der Waals surface area contributed by atoms with E-state index in [0.717, 1.165) is 19.5 Å². The molecule has 0 saturated heterocycles. The molecule has 0 aliphatic heterocycles. The molecule has 18 heavy (non-hydrogen) atoms. The van der Waals surface area contributed by atoms with E-state index in [1.54, 1.807) is 0 Å². The third-order valence-electron chi connectivity index (χ3n) is 2.35. The van der Waals surface area contributed by atoms with Crippen molar-refractivity contribution in [2.45, 2.75) is 6.04 Å². The lowest BCUT2D eigenvalue weighted by molar-refractivity contribution is -0.118. The maximum Gasteiger partial charge on any atom is 0.245 e. The maximum atomic E-state index is 11.6. The van der Waals surface area contributed by atoms with Gasteiger partial charge in [0.1, 0.15) is 6.04 Å². The van der Waals surface area contributed by atoms with Crippen LogP contribution in [0.1, 0.15) is 10.9 Å². The molecule has 0 bridgehead atoms. The van der Waals surface area contributed by atoms with E-state index in [-0.39, 0.29) is 0 Å². The summed E-state index contributed by atoms with van der Waals surface area (Å²) in [5, 5.41) is 5.05. The van der Waals surface area contributed by atoms with Crippen LogP contribution in [0.25, 0.3) is 0 Å². The molecule has 1 amide bonds. The van der Waals surface area contributed by atoms with Crippen molar-refractivity contribution in [3.8, 4) is 0 Å². The van der Waals surface area contributed by atoms with Gasteiger partial charge in [0.05, 0.1) is 4.88 Å². The molecule has 0 aliphatic rings. The minimum Gasteiger partial charge on any atom is -0.369 e. The smallest absolute Gasteiger partial charge is 0.245 e. The highest BCUT2D eigenvalue weighted by atomic mass is 79.9. The van der Waals surface area contributed by atoms with Crippen molar-refractivity contribution in [2.75, 3.05) is 5.32 Å². The van der Waals surface area contributed by atoms with Crippen LogP contribution in [0.15, 0.2) is 44.7 Å². The van der Waals surface area contributed by atoms with Crippen molar-refractivity contribution in [2.24, 2.45) is 5.73 Å². The van der Waals surface area contributed by atoms with E-state index in [1.165, 1.54) is 11.3 Å². The molecule has 6 heteroatoms. The van der Waals surface area contributed by atoms with Crippen LogP contribution in [0.2, 0.25) is 0 Å². The van der Waals surface area contributed by atoms with Gasteiger partial charge in [0, 0.05) is 14.6 Å². The Balaban J connectivity index is 2.25. The number of nitrogens with two attached hydrogens (primary N) is 1. The fourth-order valence-corrected chi connectivity index (χ4v) is 3.41. The standard InChI is InChI=1S/C12H10Br2N2OS/c13-7-1-3-8(4-2-7)16-10(12(15)17)11-9(14)5-6-18-11/h1-6,10,16H,(H2,15,17). The van der Waals surface area contributed by atoms with Gasteiger partial charge in [0.15, 0.2) is 0 Å². The summed E-state index contributed by atoms with van der Waals surface area (Å²) in [6, 6.07) is 8.97. The predicted octanol–water partition coefficient (Wildman–Crippen LogP) is 3.91. The van der Waals surface area contributed by atoms with Gasteiger partial charge >= 0.3 is 0 Å². The fourth-order valence-electron chi connectivity index (χ4n) is 1.49. The zero-order chi connectivity index (χ0) is 13.1. The molecule has 1 aromatic heterocycles. The van der Waals surface area contributed by atoms with Crippen LogP contribution in [0.4, 0.5) is 5.69 Å². The van der Waals surface area contributed by atoms with Gasteiger partial charge in [-0.25, -0.2) is 0 Å². The Kier molecular flexibility index (Phi) is 4.42. The van der Waals surface area contributed by atoms with Gasteiger partial charge in [0.2, 0.25) is 5.91 Å². The van der Waals surface area contributed by atoms with E-state index >= 15 is 0 Å². The average Bonchev–Trinajstić information content (AvgIpc) is 2.74. The largest absolute Gasteiger partial charge is 0.369 e. The fraction of sp³-hybridized carbons (Fsp3) is 0.0833. The Hall–Kier alpha value is -0.850. The number of primary amides is 1. The van der Waals surface area contributed by atoms with Crippen LogP contribution in [-0.4, -0.2) is 5.91 Å². The number of benzene rings is 1. The van der Waals surface area contributed by atoms with E-state index in [2.05, 4.69) is 37.2 Å². The number of nitrogens with one attached hydrogen (secondary N) is 1. The minimum absolute atomic E-state index is 0.402. The molecule has 2 aromatic rings. The predicted molar refractivity (Wildman–Crippen MR) is 81.7 cm³/mol. The third kappa shape index (κ3) is 3.13. The van der Waals surface area contributed by atoms with Crippen LogP contribution in [-0.2, 0) is 4.79 Å². The van der Waals surface area contributed by atoms with Gasteiger partial charge in [-0.05, 0) is 51.6 Å². The lowest BCUT2D eigenvalue weighted by Crippen LogP contribution is -2.27. The van der Waals surface area contributed by atoms with Crippen molar-refractivity contribution >= 4 is 54.8 Å². The number of thiophene rings is 1. The summed E-state index contributed by atoms with van der Waals surface area (Å²) in [6.45, 7) is 0. The summed E-state index contributed by atoms with van der Waals surface area (Å²) >= 11 is 8.27. The van der Waals surface area contributed by atoms with Crippen LogP contribution >= 0.6 is 43.2 Å². The van der Waals surface area contributed by atoms with Crippen molar-refractivity contribution in [1.29, 1.82) is 0 Å². The summed E-state index contributed by atoms with van der Waals surface area (Å²) in [6.07, 6.45) is 0. The first-order chi connectivity index (χ1) is 8.58. The Morgan fingerprint density at radius 2 is 1.89 bits per heavy atom. The van der Waals surface area contributed by atoms with E-state index in [0.29, 0.717) is 0 Å². The second kappa shape index (κ2) is 5.86. The third-order valence-corrected chi connectivity index (χ3v) is 4.81. The Morgan fingerprint density at radius 3 is 2.39 bits per heavy atom. The number of rotatable bonds is 4. The molecule has 94 valence electrons. The molecule has 1 atom stereocenters. The summed E-state index contributed by atoms with van der Waals surface area (Å²) < 4.78 is 1.88. The number of hydrogen-bond donors (Lipinski definition) is 2. The Labute approximate surface area is 126 Å². The first kappa shape index (κ1) is 13.6. The summed E-state index contributed by atoms with van der Waals surface area (Å²) in [5.41, 5.74) is 6.30. The quantitative estimate of drug-likeness (QED) is 0.832. The number of carbonyl (C=O) groups excluding carboxylic acids is 1. The van der Waals surface area contributed by atoms with E-state index in [1.807, 2.05) is 35.7 Å². The molecule has 1 aromatic carbocycles. The van der Waals surface area contributed by atoms with Crippen LogP contribution in [0.3, 0.4) is 0 Å². The van der Waals surface area contributed by atoms with E-state index in [4.69, 9.17) is 5.73 Å². The van der Waals surface area contributed by atoms with Gasteiger partial charge < -0.3 is 11.1 Å². The monoisotopic (exact) mass is 388 g/mol. The van der Waals surface area contributed by atoms with Crippen LogP contribution < -0.4 is 11.1 Å². The van der Waals surface area contributed by atoms with Gasteiger partial charge in [-0.1, -0.05) is 15.9 Å².